The van der Waals surface area contributed by atoms with Gasteiger partial charge < -0.3 is 4.74 Å². The second-order valence-corrected chi connectivity index (χ2v) is 3.59. The first-order chi connectivity index (χ1) is 5.90. The van der Waals surface area contributed by atoms with E-state index in [9.17, 15) is 13.2 Å². The normalized spacial score (nSPS) is 11.7. The Kier molecular flexibility index (Phi) is 4.94. The molecule has 0 unspecified atom stereocenters. The molecule has 0 aliphatic carbocycles. The number of hydrogen-bond donors (Lipinski definition) is 1. The highest BCUT2D eigenvalue weighted by Gasteiger charge is 2.31. The van der Waals surface area contributed by atoms with E-state index in [2.05, 4.69) is 4.18 Å². The summed E-state index contributed by atoms with van der Waals surface area (Å²) in [7, 11) is -3.04. The molecule has 0 aromatic heterocycles. The predicted octanol–water partition coefficient (Wildman–Crippen LogP) is 0.261. The molecule has 0 aliphatic heterocycles. The molecule has 5 nitrogen and oxygen atoms in total. The minimum Gasteiger partial charge on any atom is -0.464 e. The van der Waals surface area contributed by atoms with Crippen LogP contribution < -0.4 is 0 Å². The van der Waals surface area contributed by atoms with E-state index in [1.54, 1.807) is 0 Å². The molecule has 0 radical (unpaired) electrons. The Morgan fingerprint density at radius 1 is 1.38 bits per heavy atom. The zero-order chi connectivity index (χ0) is 10.5. The third-order valence-electron chi connectivity index (χ3n) is 1.23. The van der Waals surface area contributed by atoms with Crippen LogP contribution in [0.4, 0.5) is 0 Å². The topological polar surface area (TPSA) is 69.7 Å². The fraction of sp³-hybridized carbons (Fsp3) is 0.857. The highest BCUT2D eigenvalue weighted by Crippen LogP contribution is 2.11. The molecule has 0 aromatic carbocycles. The van der Waals surface area contributed by atoms with Gasteiger partial charge in [-0.3, -0.25) is 4.18 Å². The lowest BCUT2D eigenvalue weighted by atomic mass is 10.1. The van der Waals surface area contributed by atoms with Crippen LogP contribution in [-0.2, 0) is 24.7 Å². The Balaban J connectivity index is 4.18. The summed E-state index contributed by atoms with van der Waals surface area (Å²) in [5.41, 5.74) is -1.43. The largest absolute Gasteiger partial charge is 0.464 e. The molecule has 6 heteroatoms. The van der Waals surface area contributed by atoms with Crippen molar-refractivity contribution in [2.75, 3.05) is 6.61 Å². The average molecular weight is 210 g/mol. The third kappa shape index (κ3) is 4.84. The van der Waals surface area contributed by atoms with E-state index in [4.69, 9.17) is 4.74 Å². The van der Waals surface area contributed by atoms with Crippen molar-refractivity contribution in [2.45, 2.75) is 32.8 Å². The minimum atomic E-state index is -3.04. The Labute approximate surface area is 79.2 Å². The van der Waals surface area contributed by atoms with Gasteiger partial charge in [0.25, 0.3) is 11.0 Å². The first-order valence-electron chi connectivity index (χ1n) is 3.91. The quantitative estimate of drug-likeness (QED) is 0.520. The van der Waals surface area contributed by atoms with Gasteiger partial charge in [0.1, 0.15) is 0 Å². The number of esters is 1. The first kappa shape index (κ1) is 12.4. The summed E-state index contributed by atoms with van der Waals surface area (Å²) in [6.45, 7) is 4.79. The molecule has 78 valence electrons. The van der Waals surface area contributed by atoms with Gasteiger partial charge in [-0.25, -0.2) is 13.2 Å². The van der Waals surface area contributed by atoms with Crippen molar-refractivity contribution in [3.63, 3.8) is 0 Å². The van der Waals surface area contributed by atoms with Gasteiger partial charge in [-0.2, -0.15) is 0 Å². The number of carbonyl (C=O) groups is 1. The number of thiol groups is 1. The van der Waals surface area contributed by atoms with Crippen LogP contribution in [0.1, 0.15) is 27.2 Å². The van der Waals surface area contributed by atoms with E-state index < -0.39 is 22.6 Å². The van der Waals surface area contributed by atoms with E-state index in [0.29, 0.717) is 6.42 Å². The van der Waals surface area contributed by atoms with Crippen LogP contribution >= 0.6 is 0 Å². The maximum atomic E-state index is 11.1. The van der Waals surface area contributed by atoms with Crippen LogP contribution in [-0.4, -0.2) is 26.6 Å². The van der Waals surface area contributed by atoms with E-state index in [0.717, 1.165) is 0 Å². The van der Waals surface area contributed by atoms with E-state index in [1.165, 1.54) is 13.8 Å². The van der Waals surface area contributed by atoms with Crippen molar-refractivity contribution >= 4 is 17.0 Å². The van der Waals surface area contributed by atoms with Gasteiger partial charge >= 0.3 is 5.97 Å². The zero-order valence-electron chi connectivity index (χ0n) is 7.90. The highest BCUT2D eigenvalue weighted by atomic mass is 32.2. The molecule has 0 amide bonds. The Morgan fingerprint density at radius 2 is 1.92 bits per heavy atom. The molecule has 0 aliphatic rings. The Morgan fingerprint density at radius 3 is 2.31 bits per heavy atom. The van der Waals surface area contributed by atoms with Crippen molar-refractivity contribution in [3.8, 4) is 0 Å². The maximum absolute atomic E-state index is 11.1. The number of hydrogen-bond acceptors (Lipinski definition) is 5. The summed E-state index contributed by atoms with van der Waals surface area (Å²) in [5, 5.41) is 0. The van der Waals surface area contributed by atoms with Gasteiger partial charge in [0.05, 0.1) is 6.61 Å². The summed E-state index contributed by atoms with van der Waals surface area (Å²) in [6.07, 6.45) is 0.686. The maximum Gasteiger partial charge on any atom is 0.339 e. The molecule has 0 fully saturated rings. The first-order valence-corrected chi connectivity index (χ1v) is 5.00. The van der Waals surface area contributed by atoms with Crippen molar-refractivity contribution in [2.24, 2.45) is 0 Å². The van der Waals surface area contributed by atoms with Crippen LogP contribution in [0.15, 0.2) is 0 Å². The molecule has 0 N–H and O–H groups in total. The average Bonchev–Trinajstić information content (AvgIpc) is 1.97. The van der Waals surface area contributed by atoms with Crippen molar-refractivity contribution < 1.29 is 22.1 Å². The molecule has 0 aromatic rings. The fourth-order valence-electron chi connectivity index (χ4n) is 0.592. The third-order valence-corrected chi connectivity index (χ3v) is 1.84. The van der Waals surface area contributed by atoms with Crippen molar-refractivity contribution in [1.29, 1.82) is 0 Å². The van der Waals surface area contributed by atoms with Crippen LogP contribution in [0.25, 0.3) is 0 Å². The zero-order valence-corrected chi connectivity index (χ0v) is 8.80. The smallest absolute Gasteiger partial charge is 0.339 e. The van der Waals surface area contributed by atoms with Gasteiger partial charge in [-0.1, -0.05) is 6.92 Å². The summed E-state index contributed by atoms with van der Waals surface area (Å²) in [4.78, 5) is 11.1. The standard InChI is InChI=1S/C7H14O5S/c1-4-5-11-6(8)7(2,3)12-13(9)10/h13H,4-5H2,1-3H3. The van der Waals surface area contributed by atoms with Gasteiger partial charge in [0.15, 0.2) is 5.60 Å². The van der Waals surface area contributed by atoms with Crippen LogP contribution in [0, 0.1) is 0 Å². The fourth-order valence-corrected chi connectivity index (χ4v) is 1.04. The Bertz CT molecular complexity index is 235. The lowest BCUT2D eigenvalue weighted by Crippen LogP contribution is -2.36. The lowest BCUT2D eigenvalue weighted by molar-refractivity contribution is -0.158. The number of carbonyl (C=O) groups excluding carboxylic acids is 1. The highest BCUT2D eigenvalue weighted by molar-refractivity contribution is 7.67. The molecule has 13 heavy (non-hydrogen) atoms. The van der Waals surface area contributed by atoms with E-state index >= 15 is 0 Å². The summed E-state index contributed by atoms with van der Waals surface area (Å²) < 4.78 is 29.5. The second kappa shape index (κ2) is 5.18. The molecule has 0 heterocycles. The SMILES string of the molecule is CCCOC(=O)C(C)(C)O[SH](=O)=O. The van der Waals surface area contributed by atoms with Crippen molar-refractivity contribution in [3.05, 3.63) is 0 Å². The molecule has 0 saturated heterocycles. The summed E-state index contributed by atoms with van der Waals surface area (Å²) in [6, 6.07) is 0. The molecular weight excluding hydrogens is 196 g/mol. The summed E-state index contributed by atoms with van der Waals surface area (Å²) >= 11 is 0. The van der Waals surface area contributed by atoms with Gasteiger partial charge in [-0.05, 0) is 20.3 Å². The molecule has 0 saturated carbocycles. The van der Waals surface area contributed by atoms with Gasteiger partial charge in [0, 0.05) is 0 Å². The van der Waals surface area contributed by atoms with Gasteiger partial charge in [-0.15, -0.1) is 0 Å². The molecule has 0 spiro atoms. The van der Waals surface area contributed by atoms with Crippen LogP contribution in [0.2, 0.25) is 0 Å². The summed E-state index contributed by atoms with van der Waals surface area (Å²) in [5.74, 6) is -0.673. The van der Waals surface area contributed by atoms with E-state index in [-0.39, 0.29) is 6.61 Å². The Hall–Kier alpha value is -0.620. The molecule has 0 bridgehead atoms. The van der Waals surface area contributed by atoms with Crippen molar-refractivity contribution in [1.82, 2.24) is 0 Å². The minimum absolute atomic E-state index is 0.265. The predicted molar refractivity (Wildman–Crippen MR) is 46.7 cm³/mol. The molecular formula is C7H14O5S. The van der Waals surface area contributed by atoms with Crippen LogP contribution in [0.3, 0.4) is 0 Å². The number of ether oxygens (including phenoxy) is 1. The molecule has 0 atom stereocenters. The van der Waals surface area contributed by atoms with Gasteiger partial charge in [0.2, 0.25) is 0 Å². The van der Waals surface area contributed by atoms with E-state index in [1.807, 2.05) is 6.92 Å². The van der Waals surface area contributed by atoms with Crippen LogP contribution in [0.5, 0.6) is 0 Å². The number of rotatable bonds is 5. The molecule has 0 rings (SSSR count). The second-order valence-electron chi connectivity index (χ2n) is 2.96. The monoisotopic (exact) mass is 210 g/mol. The lowest BCUT2D eigenvalue weighted by Gasteiger charge is -2.18.